The van der Waals surface area contributed by atoms with Crippen molar-refractivity contribution in [1.29, 1.82) is 0 Å². The first-order valence-electron chi connectivity index (χ1n) is 10.1. The quantitative estimate of drug-likeness (QED) is 0.247. The molecule has 2 aromatic carbocycles. The van der Waals surface area contributed by atoms with Crippen molar-refractivity contribution in [3.8, 4) is 17.3 Å². The van der Waals surface area contributed by atoms with E-state index in [1.807, 2.05) is 18.2 Å². The number of likely N-dealkylation sites (N-methyl/N-ethyl adjacent to an activating group) is 2. The smallest absolute Gasteiger partial charge is 0.333 e. The molecule has 0 N–H and O–H groups in total. The summed E-state index contributed by atoms with van der Waals surface area (Å²) >= 11 is 0. The van der Waals surface area contributed by atoms with Gasteiger partial charge >= 0.3 is 6.03 Å². The van der Waals surface area contributed by atoms with Gasteiger partial charge in [0.25, 0.3) is 17.5 Å². The number of barbiturate groups is 1. The highest BCUT2D eigenvalue weighted by atomic mass is 16.6. The van der Waals surface area contributed by atoms with E-state index in [9.17, 15) is 24.5 Å². The monoisotopic (exact) mass is 461 g/mol. The van der Waals surface area contributed by atoms with Crippen LogP contribution in [0.4, 0.5) is 10.5 Å². The maximum atomic E-state index is 12.7. The number of ether oxygens (including phenoxy) is 1. The molecule has 11 heteroatoms. The molecule has 0 unspecified atom stereocenters. The number of aryl methyl sites for hydroxylation is 1. The van der Waals surface area contributed by atoms with Gasteiger partial charge in [-0.2, -0.15) is 9.78 Å². The topological polar surface area (TPSA) is 128 Å². The molecular formula is C23H19N5O6. The molecule has 2 heterocycles. The molecule has 0 radical (unpaired) electrons. The summed E-state index contributed by atoms with van der Waals surface area (Å²) in [6.45, 7) is 1.69. The van der Waals surface area contributed by atoms with Gasteiger partial charge in [0.1, 0.15) is 11.3 Å². The summed E-state index contributed by atoms with van der Waals surface area (Å²) in [6, 6.07) is 13.8. The molecule has 4 rings (SSSR count). The number of amides is 4. The van der Waals surface area contributed by atoms with Crippen LogP contribution < -0.4 is 4.74 Å². The van der Waals surface area contributed by atoms with E-state index in [4.69, 9.17) is 4.74 Å². The number of hydrogen-bond donors (Lipinski definition) is 0. The second-order valence-electron chi connectivity index (χ2n) is 7.47. The van der Waals surface area contributed by atoms with E-state index in [0.717, 1.165) is 9.80 Å². The average molecular weight is 461 g/mol. The van der Waals surface area contributed by atoms with Gasteiger partial charge in [-0.05, 0) is 37.3 Å². The van der Waals surface area contributed by atoms with Gasteiger partial charge in [-0.15, -0.1) is 0 Å². The fraction of sp³-hybridized carbons (Fsp3) is 0.130. The molecule has 0 bridgehead atoms. The Morgan fingerprint density at radius 3 is 2.09 bits per heavy atom. The van der Waals surface area contributed by atoms with E-state index < -0.39 is 22.8 Å². The largest absolute Gasteiger partial charge is 0.438 e. The van der Waals surface area contributed by atoms with E-state index in [-0.39, 0.29) is 22.9 Å². The Kier molecular flexibility index (Phi) is 5.68. The standard InChI is InChI=1S/C23H19N5O6/c1-14-18(13-19-20(29)25(2)23(31)26(3)21(19)30)22(27(24-14)15-7-5-4-6-8-15)34-17-11-9-16(10-12-17)28(32)33/h4-13H,1-3H3. The lowest BCUT2D eigenvalue weighted by Crippen LogP contribution is -2.52. The molecule has 0 aliphatic carbocycles. The lowest BCUT2D eigenvalue weighted by Gasteiger charge is -2.28. The molecule has 1 saturated heterocycles. The number of carbonyl (C=O) groups excluding carboxylic acids is 3. The van der Waals surface area contributed by atoms with Gasteiger partial charge in [0.15, 0.2) is 0 Å². The summed E-state index contributed by atoms with van der Waals surface area (Å²) in [4.78, 5) is 49.7. The Morgan fingerprint density at radius 2 is 1.53 bits per heavy atom. The van der Waals surface area contributed by atoms with Crippen LogP contribution in [0, 0.1) is 17.0 Å². The normalized spacial score (nSPS) is 14.0. The zero-order valence-corrected chi connectivity index (χ0v) is 18.5. The van der Waals surface area contributed by atoms with Crippen molar-refractivity contribution in [3.63, 3.8) is 0 Å². The molecule has 0 atom stereocenters. The van der Waals surface area contributed by atoms with Gasteiger partial charge < -0.3 is 4.74 Å². The average Bonchev–Trinajstić information content (AvgIpc) is 3.14. The lowest BCUT2D eigenvalue weighted by molar-refractivity contribution is -0.384. The highest BCUT2D eigenvalue weighted by Crippen LogP contribution is 2.33. The first-order chi connectivity index (χ1) is 16.2. The summed E-state index contributed by atoms with van der Waals surface area (Å²) in [5.74, 6) is -1.02. The van der Waals surface area contributed by atoms with Crippen LogP contribution >= 0.6 is 0 Å². The first kappa shape index (κ1) is 22.4. The van der Waals surface area contributed by atoms with E-state index in [0.29, 0.717) is 16.9 Å². The van der Waals surface area contributed by atoms with Crippen molar-refractivity contribution < 1.29 is 24.0 Å². The van der Waals surface area contributed by atoms with Crippen molar-refractivity contribution in [2.24, 2.45) is 0 Å². The molecule has 3 aromatic rings. The number of rotatable bonds is 5. The summed E-state index contributed by atoms with van der Waals surface area (Å²) in [5.41, 5.74) is 1.12. The number of non-ortho nitro benzene ring substituents is 1. The Morgan fingerprint density at radius 1 is 0.941 bits per heavy atom. The zero-order chi connectivity index (χ0) is 24.6. The summed E-state index contributed by atoms with van der Waals surface area (Å²) in [6.07, 6.45) is 1.34. The van der Waals surface area contributed by atoms with E-state index >= 15 is 0 Å². The van der Waals surface area contributed by atoms with E-state index in [1.165, 1.54) is 49.1 Å². The number of nitrogens with zero attached hydrogens (tertiary/aromatic N) is 5. The van der Waals surface area contributed by atoms with Crippen molar-refractivity contribution in [2.75, 3.05) is 14.1 Å². The molecular weight excluding hydrogens is 442 g/mol. The highest BCUT2D eigenvalue weighted by molar-refractivity contribution is 6.30. The number of hydrogen-bond acceptors (Lipinski definition) is 7. The predicted molar refractivity (Wildman–Crippen MR) is 120 cm³/mol. The Hall–Kier alpha value is -4.80. The zero-order valence-electron chi connectivity index (χ0n) is 18.5. The van der Waals surface area contributed by atoms with Crippen molar-refractivity contribution in [3.05, 3.63) is 81.5 Å². The van der Waals surface area contributed by atoms with Crippen LogP contribution in [0.15, 0.2) is 60.2 Å². The van der Waals surface area contributed by atoms with Gasteiger partial charge in [0, 0.05) is 26.2 Å². The number of nitro benzene ring substituents is 1. The first-order valence-corrected chi connectivity index (χ1v) is 10.1. The fourth-order valence-corrected chi connectivity index (χ4v) is 3.39. The number of aromatic nitrogens is 2. The summed E-state index contributed by atoms with van der Waals surface area (Å²) in [5, 5.41) is 15.5. The van der Waals surface area contributed by atoms with Gasteiger partial charge in [0.2, 0.25) is 5.88 Å². The van der Waals surface area contributed by atoms with Crippen LogP contribution in [0.2, 0.25) is 0 Å². The molecule has 34 heavy (non-hydrogen) atoms. The van der Waals surface area contributed by atoms with E-state index in [1.54, 1.807) is 19.1 Å². The number of carbonyl (C=O) groups is 3. The van der Waals surface area contributed by atoms with Crippen molar-refractivity contribution in [2.45, 2.75) is 6.92 Å². The SMILES string of the molecule is Cc1nn(-c2ccccc2)c(Oc2ccc([N+](=O)[O-])cc2)c1C=C1C(=O)N(C)C(=O)N(C)C1=O. The predicted octanol–water partition coefficient (Wildman–Crippen LogP) is 3.32. The van der Waals surface area contributed by atoms with Crippen LogP contribution in [0.5, 0.6) is 11.6 Å². The molecule has 1 aromatic heterocycles. The van der Waals surface area contributed by atoms with Crippen LogP contribution in [-0.2, 0) is 9.59 Å². The minimum Gasteiger partial charge on any atom is -0.438 e. The maximum Gasteiger partial charge on any atom is 0.333 e. The number of imide groups is 2. The lowest BCUT2D eigenvalue weighted by atomic mass is 10.1. The summed E-state index contributed by atoms with van der Waals surface area (Å²) < 4.78 is 7.55. The third-order valence-electron chi connectivity index (χ3n) is 5.26. The number of urea groups is 1. The Balaban J connectivity index is 1.86. The Labute approximate surface area is 193 Å². The van der Waals surface area contributed by atoms with Crippen molar-refractivity contribution in [1.82, 2.24) is 19.6 Å². The van der Waals surface area contributed by atoms with Crippen LogP contribution in [0.1, 0.15) is 11.3 Å². The van der Waals surface area contributed by atoms with Gasteiger partial charge in [0.05, 0.1) is 21.9 Å². The van der Waals surface area contributed by atoms with Gasteiger partial charge in [-0.1, -0.05) is 18.2 Å². The number of nitro groups is 1. The molecule has 11 nitrogen and oxygen atoms in total. The minimum absolute atomic E-state index is 0.100. The second kappa shape index (κ2) is 8.62. The van der Waals surface area contributed by atoms with Gasteiger partial charge in [-0.3, -0.25) is 29.5 Å². The minimum atomic E-state index is -0.749. The molecule has 1 fully saturated rings. The molecule has 172 valence electrons. The summed E-state index contributed by atoms with van der Waals surface area (Å²) in [7, 11) is 2.58. The number of benzene rings is 2. The fourth-order valence-electron chi connectivity index (χ4n) is 3.39. The molecule has 1 aliphatic rings. The molecule has 0 spiro atoms. The number of para-hydroxylation sites is 1. The Bertz CT molecular complexity index is 1320. The molecule has 1 aliphatic heterocycles. The third kappa shape index (κ3) is 3.90. The van der Waals surface area contributed by atoms with E-state index in [2.05, 4.69) is 5.10 Å². The molecule has 4 amide bonds. The van der Waals surface area contributed by atoms with Crippen LogP contribution in [0.25, 0.3) is 11.8 Å². The highest BCUT2D eigenvalue weighted by Gasteiger charge is 2.38. The van der Waals surface area contributed by atoms with Gasteiger partial charge in [-0.25, -0.2) is 4.79 Å². The van der Waals surface area contributed by atoms with Crippen LogP contribution in [-0.4, -0.2) is 56.4 Å². The van der Waals surface area contributed by atoms with Crippen LogP contribution in [0.3, 0.4) is 0 Å². The third-order valence-corrected chi connectivity index (χ3v) is 5.26. The second-order valence-corrected chi connectivity index (χ2v) is 7.47. The maximum absolute atomic E-state index is 12.7. The molecule has 0 saturated carbocycles. The van der Waals surface area contributed by atoms with Crippen molar-refractivity contribution >= 4 is 29.6 Å².